The first-order valence-electron chi connectivity index (χ1n) is 6.44. The van der Waals surface area contributed by atoms with Crippen molar-refractivity contribution in [2.24, 2.45) is 7.05 Å². The van der Waals surface area contributed by atoms with Gasteiger partial charge in [0.05, 0.1) is 5.69 Å². The minimum atomic E-state index is 0.384. The third-order valence-electron chi connectivity index (χ3n) is 3.26. The van der Waals surface area contributed by atoms with Gasteiger partial charge in [-0.1, -0.05) is 24.3 Å². The summed E-state index contributed by atoms with van der Waals surface area (Å²) >= 11 is 0. The van der Waals surface area contributed by atoms with E-state index < -0.39 is 0 Å². The Morgan fingerprint density at radius 3 is 2.72 bits per heavy atom. The molecule has 1 atom stereocenters. The largest absolute Gasteiger partial charge is 0.310 e. The van der Waals surface area contributed by atoms with Crippen molar-refractivity contribution >= 4 is 0 Å². The topological polar surface area (TPSA) is 29.9 Å². The Balaban J connectivity index is 1.85. The Kier molecular flexibility index (Phi) is 4.15. The molecule has 1 heterocycles. The van der Waals surface area contributed by atoms with Crippen molar-refractivity contribution < 1.29 is 0 Å². The van der Waals surface area contributed by atoms with E-state index in [9.17, 15) is 0 Å². The lowest BCUT2D eigenvalue weighted by atomic mass is 10.0. The molecule has 0 fully saturated rings. The quantitative estimate of drug-likeness (QED) is 0.875. The van der Waals surface area contributed by atoms with Crippen molar-refractivity contribution in [3.8, 4) is 0 Å². The van der Waals surface area contributed by atoms with Crippen molar-refractivity contribution in [1.82, 2.24) is 15.1 Å². The summed E-state index contributed by atoms with van der Waals surface area (Å²) in [5.74, 6) is 0. The summed E-state index contributed by atoms with van der Waals surface area (Å²) in [4.78, 5) is 0. The summed E-state index contributed by atoms with van der Waals surface area (Å²) in [5, 5.41) is 7.92. The number of rotatable bonds is 5. The standard InChI is InChI=1S/C15H21N3/c1-12-6-4-5-7-15(12)13(2)16-10-8-14-9-11-18(3)17-14/h4-7,9,11,13,16H,8,10H2,1-3H3. The van der Waals surface area contributed by atoms with E-state index in [0.717, 1.165) is 18.7 Å². The van der Waals surface area contributed by atoms with Crippen molar-refractivity contribution in [3.05, 3.63) is 53.3 Å². The van der Waals surface area contributed by atoms with E-state index in [1.54, 1.807) is 0 Å². The molecule has 3 nitrogen and oxygen atoms in total. The molecule has 2 aromatic rings. The molecule has 0 saturated heterocycles. The number of hydrogen-bond donors (Lipinski definition) is 1. The second-order valence-corrected chi connectivity index (χ2v) is 4.76. The Labute approximate surface area is 109 Å². The van der Waals surface area contributed by atoms with Crippen LogP contribution >= 0.6 is 0 Å². The van der Waals surface area contributed by atoms with E-state index >= 15 is 0 Å². The predicted octanol–water partition coefficient (Wildman–Crippen LogP) is 2.62. The van der Waals surface area contributed by atoms with Crippen LogP contribution in [0.3, 0.4) is 0 Å². The Morgan fingerprint density at radius 2 is 2.06 bits per heavy atom. The van der Waals surface area contributed by atoms with Gasteiger partial charge in [0.1, 0.15) is 0 Å². The first-order chi connectivity index (χ1) is 8.66. The highest BCUT2D eigenvalue weighted by Crippen LogP contribution is 2.16. The molecular weight excluding hydrogens is 222 g/mol. The van der Waals surface area contributed by atoms with Gasteiger partial charge in [-0.2, -0.15) is 5.10 Å². The van der Waals surface area contributed by atoms with Gasteiger partial charge in [-0.15, -0.1) is 0 Å². The molecule has 0 radical (unpaired) electrons. The van der Waals surface area contributed by atoms with Crippen molar-refractivity contribution in [2.45, 2.75) is 26.3 Å². The van der Waals surface area contributed by atoms with Crippen molar-refractivity contribution in [1.29, 1.82) is 0 Å². The molecule has 0 aliphatic carbocycles. The lowest BCUT2D eigenvalue weighted by molar-refractivity contribution is 0.569. The van der Waals surface area contributed by atoms with Crippen LogP contribution in [0.2, 0.25) is 0 Å². The summed E-state index contributed by atoms with van der Waals surface area (Å²) in [5.41, 5.74) is 3.86. The van der Waals surface area contributed by atoms with E-state index in [1.807, 2.05) is 17.9 Å². The van der Waals surface area contributed by atoms with Crippen LogP contribution in [0.15, 0.2) is 36.5 Å². The lowest BCUT2D eigenvalue weighted by Gasteiger charge is -2.16. The molecule has 1 N–H and O–H groups in total. The number of aromatic nitrogens is 2. The average Bonchev–Trinajstić information content (AvgIpc) is 2.75. The molecule has 0 aliphatic rings. The monoisotopic (exact) mass is 243 g/mol. The number of aryl methyl sites for hydroxylation is 2. The maximum atomic E-state index is 4.37. The van der Waals surface area contributed by atoms with Crippen molar-refractivity contribution in [3.63, 3.8) is 0 Å². The molecule has 0 amide bonds. The molecule has 0 spiro atoms. The van der Waals surface area contributed by atoms with Gasteiger partial charge in [-0.3, -0.25) is 4.68 Å². The molecule has 3 heteroatoms. The molecule has 1 unspecified atom stereocenters. The molecule has 96 valence electrons. The molecule has 0 aliphatic heterocycles. The summed E-state index contributed by atoms with van der Waals surface area (Å²) in [6, 6.07) is 11.0. The highest BCUT2D eigenvalue weighted by atomic mass is 15.2. The normalized spacial score (nSPS) is 12.6. The van der Waals surface area contributed by atoms with Gasteiger partial charge in [0.15, 0.2) is 0 Å². The zero-order valence-electron chi connectivity index (χ0n) is 11.4. The van der Waals surface area contributed by atoms with Gasteiger partial charge in [-0.05, 0) is 31.0 Å². The van der Waals surface area contributed by atoms with Gasteiger partial charge in [0.2, 0.25) is 0 Å². The maximum Gasteiger partial charge on any atom is 0.0637 e. The number of hydrogen-bond acceptors (Lipinski definition) is 2. The molecule has 1 aromatic carbocycles. The molecule has 0 saturated carbocycles. The van der Waals surface area contributed by atoms with Crippen LogP contribution in [0.4, 0.5) is 0 Å². The van der Waals surface area contributed by atoms with Gasteiger partial charge >= 0.3 is 0 Å². The Bertz CT molecular complexity index is 502. The van der Waals surface area contributed by atoms with Crippen LogP contribution < -0.4 is 5.32 Å². The predicted molar refractivity (Wildman–Crippen MR) is 74.5 cm³/mol. The third kappa shape index (κ3) is 3.20. The van der Waals surface area contributed by atoms with E-state index in [1.165, 1.54) is 11.1 Å². The van der Waals surface area contributed by atoms with Crippen LogP contribution in [0, 0.1) is 6.92 Å². The van der Waals surface area contributed by atoms with Gasteiger partial charge in [0.25, 0.3) is 0 Å². The van der Waals surface area contributed by atoms with E-state index in [4.69, 9.17) is 0 Å². The zero-order valence-corrected chi connectivity index (χ0v) is 11.4. The highest BCUT2D eigenvalue weighted by molar-refractivity contribution is 5.28. The van der Waals surface area contributed by atoms with Crippen LogP contribution in [0.1, 0.15) is 29.8 Å². The fraction of sp³-hybridized carbons (Fsp3) is 0.400. The lowest BCUT2D eigenvalue weighted by Crippen LogP contribution is -2.22. The van der Waals surface area contributed by atoms with Crippen LogP contribution in [0.5, 0.6) is 0 Å². The fourth-order valence-corrected chi connectivity index (χ4v) is 2.20. The van der Waals surface area contributed by atoms with Gasteiger partial charge < -0.3 is 5.32 Å². The molecule has 18 heavy (non-hydrogen) atoms. The molecule has 2 rings (SSSR count). The zero-order chi connectivity index (χ0) is 13.0. The Hall–Kier alpha value is -1.61. The fourth-order valence-electron chi connectivity index (χ4n) is 2.20. The van der Waals surface area contributed by atoms with Crippen LogP contribution in [-0.2, 0) is 13.5 Å². The number of nitrogens with zero attached hydrogens (tertiary/aromatic N) is 2. The summed E-state index contributed by atoms with van der Waals surface area (Å²) in [6.07, 6.45) is 2.96. The van der Waals surface area contributed by atoms with Crippen molar-refractivity contribution in [2.75, 3.05) is 6.54 Å². The number of benzene rings is 1. The summed E-state index contributed by atoms with van der Waals surface area (Å²) in [7, 11) is 1.95. The molecule has 1 aromatic heterocycles. The van der Waals surface area contributed by atoms with E-state index in [-0.39, 0.29) is 0 Å². The highest BCUT2D eigenvalue weighted by Gasteiger charge is 2.06. The first kappa shape index (κ1) is 12.8. The average molecular weight is 243 g/mol. The SMILES string of the molecule is Cc1ccccc1C(C)NCCc1ccn(C)n1. The Morgan fingerprint density at radius 1 is 1.28 bits per heavy atom. The second kappa shape index (κ2) is 5.83. The third-order valence-corrected chi connectivity index (χ3v) is 3.26. The smallest absolute Gasteiger partial charge is 0.0637 e. The van der Waals surface area contributed by atoms with E-state index in [0.29, 0.717) is 6.04 Å². The second-order valence-electron chi connectivity index (χ2n) is 4.76. The molecule has 0 bridgehead atoms. The summed E-state index contributed by atoms with van der Waals surface area (Å²) in [6.45, 7) is 5.32. The molecular formula is C15H21N3. The van der Waals surface area contributed by atoms with Gasteiger partial charge in [0, 0.05) is 32.3 Å². The minimum absolute atomic E-state index is 0.384. The number of nitrogens with one attached hydrogen (secondary N) is 1. The van der Waals surface area contributed by atoms with E-state index in [2.05, 4.69) is 54.6 Å². The van der Waals surface area contributed by atoms with Crippen LogP contribution in [0.25, 0.3) is 0 Å². The first-order valence-corrected chi connectivity index (χ1v) is 6.44. The maximum absolute atomic E-state index is 4.37. The van der Waals surface area contributed by atoms with Crippen LogP contribution in [-0.4, -0.2) is 16.3 Å². The van der Waals surface area contributed by atoms with Gasteiger partial charge in [-0.25, -0.2) is 0 Å². The minimum Gasteiger partial charge on any atom is -0.310 e. The summed E-state index contributed by atoms with van der Waals surface area (Å²) < 4.78 is 1.85.